The molecule has 1 aromatic rings. The summed E-state index contributed by atoms with van der Waals surface area (Å²) in [6.07, 6.45) is 11.7. The summed E-state index contributed by atoms with van der Waals surface area (Å²) in [6, 6.07) is 2.59. The van der Waals surface area contributed by atoms with E-state index in [0.29, 0.717) is 6.04 Å². The first-order valence-electron chi connectivity index (χ1n) is 6.59. The van der Waals surface area contributed by atoms with Crippen LogP contribution in [0.15, 0.2) is 22.9 Å². The Morgan fingerprint density at radius 2 is 2.00 bits per heavy atom. The molecule has 1 aromatic heterocycles. The molecule has 0 radical (unpaired) electrons. The number of nitrogens with one attached hydrogen (secondary N) is 1. The zero-order chi connectivity index (χ0) is 12.5. The maximum Gasteiger partial charge on any atom is 0.0540 e. The van der Waals surface area contributed by atoms with E-state index in [-0.39, 0.29) is 0 Å². The quantitative estimate of drug-likeness (QED) is 0.683. The van der Waals surface area contributed by atoms with Gasteiger partial charge in [-0.3, -0.25) is 4.98 Å². The molecule has 0 saturated carbocycles. The van der Waals surface area contributed by atoms with Crippen molar-refractivity contribution in [3.8, 4) is 0 Å². The fourth-order valence-electron chi connectivity index (χ4n) is 1.90. The minimum atomic E-state index is 0.521. The predicted octanol–water partition coefficient (Wildman–Crippen LogP) is 5.01. The second kappa shape index (κ2) is 8.51. The second-order valence-corrected chi connectivity index (χ2v) is 5.56. The standard InChI is InChI=1S/C14H23BrN2/c1-3-4-5-6-7-8-12(2)17-14-9-13(15)10-16-11-14/h9-12,17H,3-8H2,1-2H3. The van der Waals surface area contributed by atoms with Crippen LogP contribution in [0.25, 0.3) is 0 Å². The SMILES string of the molecule is CCCCCCCC(C)Nc1cncc(Br)c1. The van der Waals surface area contributed by atoms with Gasteiger partial charge in [0.1, 0.15) is 0 Å². The summed E-state index contributed by atoms with van der Waals surface area (Å²) >= 11 is 3.43. The fourth-order valence-corrected chi connectivity index (χ4v) is 2.27. The van der Waals surface area contributed by atoms with Crippen LogP contribution in [-0.2, 0) is 0 Å². The number of hydrogen-bond acceptors (Lipinski definition) is 2. The molecular weight excluding hydrogens is 276 g/mol. The van der Waals surface area contributed by atoms with Crippen LogP contribution < -0.4 is 5.32 Å². The Bertz CT molecular complexity index is 315. The van der Waals surface area contributed by atoms with E-state index in [2.05, 4.69) is 46.1 Å². The second-order valence-electron chi connectivity index (χ2n) is 4.64. The Balaban J connectivity index is 2.18. The van der Waals surface area contributed by atoms with E-state index in [1.807, 2.05) is 6.20 Å². The summed E-state index contributed by atoms with van der Waals surface area (Å²) in [5.74, 6) is 0. The van der Waals surface area contributed by atoms with E-state index in [9.17, 15) is 0 Å². The monoisotopic (exact) mass is 298 g/mol. The Morgan fingerprint density at radius 3 is 2.71 bits per heavy atom. The van der Waals surface area contributed by atoms with E-state index in [4.69, 9.17) is 0 Å². The number of aromatic nitrogens is 1. The van der Waals surface area contributed by atoms with Crippen LogP contribution in [0.3, 0.4) is 0 Å². The summed E-state index contributed by atoms with van der Waals surface area (Å²) in [5.41, 5.74) is 1.10. The number of nitrogens with zero attached hydrogens (tertiary/aromatic N) is 1. The highest BCUT2D eigenvalue weighted by atomic mass is 79.9. The molecule has 96 valence electrons. The van der Waals surface area contributed by atoms with Crippen molar-refractivity contribution in [2.45, 2.75) is 58.4 Å². The summed E-state index contributed by atoms with van der Waals surface area (Å²) in [6.45, 7) is 4.49. The lowest BCUT2D eigenvalue weighted by Crippen LogP contribution is -2.14. The van der Waals surface area contributed by atoms with Gasteiger partial charge in [-0.15, -0.1) is 0 Å². The van der Waals surface area contributed by atoms with Crippen molar-refractivity contribution < 1.29 is 0 Å². The van der Waals surface area contributed by atoms with Gasteiger partial charge < -0.3 is 5.32 Å². The molecule has 0 aliphatic heterocycles. The number of pyridine rings is 1. The van der Waals surface area contributed by atoms with Crippen molar-refractivity contribution in [2.75, 3.05) is 5.32 Å². The van der Waals surface area contributed by atoms with Crippen molar-refractivity contribution in [2.24, 2.45) is 0 Å². The van der Waals surface area contributed by atoms with Crippen LogP contribution >= 0.6 is 15.9 Å². The van der Waals surface area contributed by atoms with Gasteiger partial charge in [0.2, 0.25) is 0 Å². The maximum absolute atomic E-state index is 4.15. The molecular formula is C14H23BrN2. The first kappa shape index (κ1) is 14.5. The largest absolute Gasteiger partial charge is 0.381 e. The Morgan fingerprint density at radius 1 is 1.24 bits per heavy atom. The van der Waals surface area contributed by atoms with Crippen molar-refractivity contribution in [3.63, 3.8) is 0 Å². The van der Waals surface area contributed by atoms with E-state index in [1.165, 1.54) is 38.5 Å². The van der Waals surface area contributed by atoms with Crippen LogP contribution in [-0.4, -0.2) is 11.0 Å². The number of unbranched alkanes of at least 4 members (excludes halogenated alkanes) is 4. The third-order valence-electron chi connectivity index (χ3n) is 2.86. The van der Waals surface area contributed by atoms with Gasteiger partial charge in [0.25, 0.3) is 0 Å². The Hall–Kier alpha value is -0.570. The average Bonchev–Trinajstić information content (AvgIpc) is 2.29. The van der Waals surface area contributed by atoms with Crippen molar-refractivity contribution in [3.05, 3.63) is 22.9 Å². The van der Waals surface area contributed by atoms with Gasteiger partial charge >= 0.3 is 0 Å². The van der Waals surface area contributed by atoms with Gasteiger partial charge in [0.05, 0.1) is 11.9 Å². The number of rotatable bonds is 8. The summed E-state index contributed by atoms with van der Waals surface area (Å²) in [7, 11) is 0. The summed E-state index contributed by atoms with van der Waals surface area (Å²) < 4.78 is 1.03. The molecule has 1 unspecified atom stereocenters. The molecule has 0 aromatic carbocycles. The molecule has 1 N–H and O–H groups in total. The zero-order valence-electron chi connectivity index (χ0n) is 10.9. The minimum absolute atomic E-state index is 0.521. The lowest BCUT2D eigenvalue weighted by molar-refractivity contribution is 0.578. The van der Waals surface area contributed by atoms with E-state index in [1.54, 1.807) is 6.20 Å². The Labute approximate surface area is 113 Å². The van der Waals surface area contributed by atoms with Crippen LogP contribution in [0, 0.1) is 0 Å². The number of anilines is 1. The lowest BCUT2D eigenvalue weighted by atomic mass is 10.1. The highest BCUT2D eigenvalue weighted by molar-refractivity contribution is 9.10. The van der Waals surface area contributed by atoms with E-state index >= 15 is 0 Å². The molecule has 1 atom stereocenters. The van der Waals surface area contributed by atoms with Gasteiger partial charge in [-0.2, -0.15) is 0 Å². The molecule has 1 heterocycles. The maximum atomic E-state index is 4.15. The smallest absolute Gasteiger partial charge is 0.0540 e. The molecule has 2 nitrogen and oxygen atoms in total. The third-order valence-corrected chi connectivity index (χ3v) is 3.29. The van der Waals surface area contributed by atoms with Crippen LogP contribution in [0.1, 0.15) is 52.4 Å². The third kappa shape index (κ3) is 6.67. The molecule has 0 saturated heterocycles. The van der Waals surface area contributed by atoms with Gasteiger partial charge in [-0.1, -0.05) is 39.0 Å². The molecule has 1 rings (SSSR count). The fraction of sp³-hybridized carbons (Fsp3) is 0.643. The molecule has 17 heavy (non-hydrogen) atoms. The van der Waals surface area contributed by atoms with Crippen LogP contribution in [0.4, 0.5) is 5.69 Å². The minimum Gasteiger partial charge on any atom is -0.381 e. The van der Waals surface area contributed by atoms with Gasteiger partial charge in [0, 0.05) is 16.7 Å². The number of hydrogen-bond donors (Lipinski definition) is 1. The first-order chi connectivity index (χ1) is 8.22. The molecule has 0 fully saturated rings. The molecule has 0 aliphatic rings. The molecule has 0 bridgehead atoms. The zero-order valence-corrected chi connectivity index (χ0v) is 12.5. The summed E-state index contributed by atoms with van der Waals surface area (Å²) in [4.78, 5) is 4.15. The van der Waals surface area contributed by atoms with Crippen molar-refractivity contribution in [1.82, 2.24) is 4.98 Å². The molecule has 3 heteroatoms. The van der Waals surface area contributed by atoms with E-state index < -0.39 is 0 Å². The van der Waals surface area contributed by atoms with Crippen LogP contribution in [0.5, 0.6) is 0 Å². The summed E-state index contributed by atoms with van der Waals surface area (Å²) in [5, 5.41) is 3.48. The van der Waals surface area contributed by atoms with Gasteiger partial charge in [0.15, 0.2) is 0 Å². The average molecular weight is 299 g/mol. The van der Waals surface area contributed by atoms with E-state index in [0.717, 1.165) is 10.2 Å². The van der Waals surface area contributed by atoms with Crippen molar-refractivity contribution in [1.29, 1.82) is 0 Å². The lowest BCUT2D eigenvalue weighted by Gasteiger charge is -2.14. The van der Waals surface area contributed by atoms with Crippen LogP contribution in [0.2, 0.25) is 0 Å². The number of halogens is 1. The highest BCUT2D eigenvalue weighted by Crippen LogP contribution is 2.16. The molecule has 0 amide bonds. The van der Waals surface area contributed by atoms with Crippen molar-refractivity contribution >= 4 is 21.6 Å². The van der Waals surface area contributed by atoms with Gasteiger partial charge in [-0.25, -0.2) is 0 Å². The normalized spacial score (nSPS) is 12.4. The predicted molar refractivity (Wildman–Crippen MR) is 78.4 cm³/mol. The highest BCUT2D eigenvalue weighted by Gasteiger charge is 2.02. The topological polar surface area (TPSA) is 24.9 Å². The Kier molecular flexibility index (Phi) is 7.25. The molecule has 0 aliphatic carbocycles. The first-order valence-corrected chi connectivity index (χ1v) is 7.38. The van der Waals surface area contributed by atoms with Gasteiger partial charge in [-0.05, 0) is 35.3 Å². The molecule has 0 spiro atoms.